The van der Waals surface area contributed by atoms with Crippen LogP contribution >= 0.6 is 11.3 Å². The van der Waals surface area contributed by atoms with Gasteiger partial charge in [-0.1, -0.05) is 65.0 Å². The molecule has 0 amide bonds. The summed E-state index contributed by atoms with van der Waals surface area (Å²) in [6.45, 7) is 22.0. The van der Waals surface area contributed by atoms with E-state index in [9.17, 15) is 0 Å². The summed E-state index contributed by atoms with van der Waals surface area (Å²) in [5.41, 5.74) is 1.02. The third-order valence-electron chi connectivity index (χ3n) is 5.53. The molecule has 2 nitrogen and oxygen atoms in total. The molecule has 1 aromatic heterocycles. The highest BCUT2D eigenvalue weighted by molar-refractivity contribution is 7.09. The molecule has 1 atom stereocenters. The van der Waals surface area contributed by atoms with Crippen molar-refractivity contribution in [2.45, 2.75) is 90.5 Å². The summed E-state index contributed by atoms with van der Waals surface area (Å²) in [7, 11) is -1.86. The van der Waals surface area contributed by atoms with Crippen LogP contribution in [0.5, 0.6) is 0 Å². The minimum absolute atomic E-state index is 0.122. The molecule has 0 N–H and O–H groups in total. The van der Waals surface area contributed by atoms with Crippen LogP contribution in [0.25, 0.3) is 0 Å². The predicted molar refractivity (Wildman–Crippen MR) is 124 cm³/mol. The average Bonchev–Trinajstić information content (AvgIpc) is 3.04. The maximum absolute atomic E-state index is 6.88. The van der Waals surface area contributed by atoms with Gasteiger partial charge in [0.2, 0.25) is 0 Å². The van der Waals surface area contributed by atoms with Crippen molar-refractivity contribution >= 4 is 19.7 Å². The van der Waals surface area contributed by atoms with Crippen molar-refractivity contribution in [1.82, 2.24) is 4.98 Å². The molecule has 0 unspecified atom stereocenters. The van der Waals surface area contributed by atoms with Gasteiger partial charge in [-0.2, -0.15) is 0 Å². The Bertz CT molecular complexity index is 650. The Labute approximate surface area is 172 Å². The van der Waals surface area contributed by atoms with Crippen LogP contribution in [0.2, 0.25) is 18.1 Å². The van der Waals surface area contributed by atoms with E-state index in [1.165, 1.54) is 5.01 Å². The fourth-order valence-electron chi connectivity index (χ4n) is 2.51. The lowest BCUT2D eigenvalue weighted by Gasteiger charge is -2.43. The molecule has 0 spiro atoms. The van der Waals surface area contributed by atoms with Gasteiger partial charge in [-0.3, -0.25) is 0 Å². The van der Waals surface area contributed by atoms with Gasteiger partial charge in [-0.25, -0.2) is 4.98 Å². The van der Waals surface area contributed by atoms with Crippen LogP contribution < -0.4 is 0 Å². The molecule has 0 radical (unpaired) electrons. The number of nitrogens with zero attached hydrogens (tertiary/aromatic N) is 1. The van der Waals surface area contributed by atoms with Crippen LogP contribution in [0.15, 0.2) is 42.3 Å². The SMILES string of the molecule is C=CC/C=C/Cc1csc(C(C)(C)[C@H](C/C=C\C)O[Si](C)(C)C(C)(C)C)n1. The Morgan fingerprint density at radius 3 is 2.41 bits per heavy atom. The first-order chi connectivity index (χ1) is 12.5. The van der Waals surface area contributed by atoms with Gasteiger partial charge in [0.25, 0.3) is 0 Å². The first-order valence-corrected chi connectivity index (χ1v) is 13.7. The van der Waals surface area contributed by atoms with E-state index < -0.39 is 8.32 Å². The van der Waals surface area contributed by atoms with Gasteiger partial charge in [0.15, 0.2) is 8.32 Å². The van der Waals surface area contributed by atoms with Crippen LogP contribution in [-0.4, -0.2) is 19.4 Å². The van der Waals surface area contributed by atoms with E-state index in [0.29, 0.717) is 0 Å². The molecule has 0 aromatic carbocycles. The number of hydrogen-bond acceptors (Lipinski definition) is 3. The van der Waals surface area contributed by atoms with E-state index in [1.807, 2.05) is 6.08 Å². The summed E-state index contributed by atoms with van der Waals surface area (Å²) < 4.78 is 6.88. The van der Waals surface area contributed by atoms with Gasteiger partial charge in [-0.15, -0.1) is 17.9 Å². The quantitative estimate of drug-likeness (QED) is 0.298. The number of rotatable bonds is 10. The number of aromatic nitrogens is 1. The second-order valence-corrected chi connectivity index (χ2v) is 14.9. The third-order valence-corrected chi connectivity index (χ3v) is 11.2. The van der Waals surface area contributed by atoms with Gasteiger partial charge in [0.1, 0.15) is 5.01 Å². The summed E-state index contributed by atoms with van der Waals surface area (Å²) in [6.07, 6.45) is 13.4. The molecule has 0 saturated carbocycles. The second-order valence-electron chi connectivity index (χ2n) is 9.24. The zero-order valence-electron chi connectivity index (χ0n) is 18.6. The summed E-state index contributed by atoms with van der Waals surface area (Å²) in [6, 6.07) is 0. The average molecular weight is 406 g/mol. The highest BCUT2D eigenvalue weighted by Gasteiger charge is 2.43. The lowest BCUT2D eigenvalue weighted by atomic mass is 9.85. The van der Waals surface area contributed by atoms with Crippen molar-refractivity contribution in [3.63, 3.8) is 0 Å². The largest absolute Gasteiger partial charge is 0.413 e. The highest BCUT2D eigenvalue weighted by Crippen LogP contribution is 2.42. The molecule has 1 heterocycles. The van der Waals surface area contributed by atoms with Crippen molar-refractivity contribution in [2.75, 3.05) is 0 Å². The van der Waals surface area contributed by atoms with E-state index in [-0.39, 0.29) is 16.6 Å². The molecule has 0 fully saturated rings. The van der Waals surface area contributed by atoms with E-state index >= 15 is 0 Å². The van der Waals surface area contributed by atoms with Crippen LogP contribution in [0.1, 0.15) is 65.1 Å². The smallest absolute Gasteiger partial charge is 0.192 e. The molecule has 152 valence electrons. The summed E-state index contributed by atoms with van der Waals surface area (Å²) in [5, 5.41) is 3.55. The molecule has 0 aliphatic carbocycles. The minimum atomic E-state index is -1.86. The number of thiazole rings is 1. The molecule has 0 bridgehead atoms. The number of hydrogen-bond donors (Lipinski definition) is 0. The summed E-state index contributed by atoms with van der Waals surface area (Å²) >= 11 is 1.76. The fraction of sp³-hybridized carbons (Fsp3) is 0.609. The third kappa shape index (κ3) is 6.85. The maximum Gasteiger partial charge on any atom is 0.192 e. The van der Waals surface area contributed by atoms with Crippen LogP contribution in [0.4, 0.5) is 0 Å². The van der Waals surface area contributed by atoms with Gasteiger partial charge in [-0.05, 0) is 37.9 Å². The van der Waals surface area contributed by atoms with E-state index in [4.69, 9.17) is 9.41 Å². The lowest BCUT2D eigenvalue weighted by molar-refractivity contribution is 0.111. The molecule has 0 aliphatic heterocycles. The van der Waals surface area contributed by atoms with Crippen LogP contribution in [0.3, 0.4) is 0 Å². The Hall–Kier alpha value is -0.973. The van der Waals surface area contributed by atoms with Crippen molar-refractivity contribution in [1.29, 1.82) is 0 Å². The fourth-order valence-corrected chi connectivity index (χ4v) is 4.97. The Kier molecular flexibility index (Phi) is 8.91. The summed E-state index contributed by atoms with van der Waals surface area (Å²) in [5.74, 6) is 0. The maximum atomic E-state index is 6.88. The molecule has 27 heavy (non-hydrogen) atoms. The van der Waals surface area contributed by atoms with E-state index in [1.54, 1.807) is 11.3 Å². The van der Waals surface area contributed by atoms with Crippen molar-refractivity contribution < 1.29 is 4.43 Å². The molecule has 4 heteroatoms. The Balaban J connectivity index is 3.06. The van der Waals surface area contributed by atoms with Crippen molar-refractivity contribution in [3.05, 3.63) is 53.0 Å². The standard InChI is InChI=1S/C23H39NOSSi/c1-10-12-14-15-16-19-18-26-21(24-19)23(6,7)20(17-13-11-2)25-27(8,9)22(3,4)5/h10-11,13-15,18,20H,1,12,16-17H2,2-9H3/b13-11-,15-14+/t20-/m0/s1. The summed E-state index contributed by atoms with van der Waals surface area (Å²) in [4.78, 5) is 4.95. The molecule has 0 aliphatic rings. The highest BCUT2D eigenvalue weighted by atomic mass is 32.1. The van der Waals surface area contributed by atoms with Gasteiger partial charge in [0, 0.05) is 17.2 Å². The zero-order chi connectivity index (χ0) is 20.7. The van der Waals surface area contributed by atoms with Crippen molar-refractivity contribution in [2.24, 2.45) is 0 Å². The second kappa shape index (κ2) is 9.99. The first-order valence-electron chi connectivity index (χ1n) is 9.95. The van der Waals surface area contributed by atoms with Gasteiger partial charge in [0.05, 0.1) is 11.8 Å². The lowest BCUT2D eigenvalue weighted by Crippen LogP contribution is -2.49. The monoisotopic (exact) mass is 405 g/mol. The zero-order valence-corrected chi connectivity index (χ0v) is 20.5. The van der Waals surface area contributed by atoms with Gasteiger partial charge < -0.3 is 4.43 Å². The Morgan fingerprint density at radius 2 is 1.85 bits per heavy atom. The van der Waals surface area contributed by atoms with Crippen molar-refractivity contribution in [3.8, 4) is 0 Å². The van der Waals surface area contributed by atoms with E-state index in [0.717, 1.165) is 25.0 Å². The molecular weight excluding hydrogens is 366 g/mol. The number of allylic oxidation sites excluding steroid dienone is 4. The predicted octanol–water partition coefficient (Wildman–Crippen LogP) is 7.45. The van der Waals surface area contributed by atoms with Crippen LogP contribution in [0, 0.1) is 0 Å². The topological polar surface area (TPSA) is 22.1 Å². The molecule has 0 saturated heterocycles. The molecule has 1 aromatic rings. The molecular formula is C23H39NOSSi. The Morgan fingerprint density at radius 1 is 1.19 bits per heavy atom. The van der Waals surface area contributed by atoms with E-state index in [2.05, 4.69) is 90.9 Å². The molecule has 1 rings (SSSR count). The minimum Gasteiger partial charge on any atom is -0.413 e. The first kappa shape index (κ1) is 24.1. The van der Waals surface area contributed by atoms with Crippen LogP contribution in [-0.2, 0) is 16.3 Å². The normalized spacial score (nSPS) is 15.0. The van der Waals surface area contributed by atoms with Gasteiger partial charge >= 0.3 is 0 Å².